The Morgan fingerprint density at radius 1 is 1.16 bits per heavy atom. The molecule has 19 heavy (non-hydrogen) atoms. The highest BCUT2D eigenvalue weighted by atomic mass is 16.7. The SMILES string of the molecule is CCCC(=O)ON=C(C)c1ccc2ccccc2c1. The van der Waals surface area contributed by atoms with Crippen molar-refractivity contribution in [1.82, 2.24) is 0 Å². The van der Waals surface area contributed by atoms with Crippen LogP contribution in [0.4, 0.5) is 0 Å². The van der Waals surface area contributed by atoms with Gasteiger partial charge in [-0.2, -0.15) is 0 Å². The maximum atomic E-state index is 11.3. The van der Waals surface area contributed by atoms with E-state index < -0.39 is 0 Å². The van der Waals surface area contributed by atoms with E-state index in [1.54, 1.807) is 0 Å². The van der Waals surface area contributed by atoms with Gasteiger partial charge in [-0.15, -0.1) is 0 Å². The number of rotatable bonds is 4. The molecule has 0 bridgehead atoms. The Kier molecular flexibility index (Phi) is 4.29. The van der Waals surface area contributed by atoms with Crippen LogP contribution < -0.4 is 0 Å². The average Bonchev–Trinajstić information content (AvgIpc) is 2.44. The molecule has 0 saturated heterocycles. The van der Waals surface area contributed by atoms with Gasteiger partial charge in [0.1, 0.15) is 0 Å². The molecule has 2 rings (SSSR count). The highest BCUT2D eigenvalue weighted by molar-refractivity contribution is 6.01. The van der Waals surface area contributed by atoms with Gasteiger partial charge in [0.25, 0.3) is 0 Å². The van der Waals surface area contributed by atoms with Crippen LogP contribution in [0.3, 0.4) is 0 Å². The number of benzene rings is 2. The Morgan fingerprint density at radius 3 is 2.63 bits per heavy atom. The summed E-state index contributed by atoms with van der Waals surface area (Å²) < 4.78 is 0. The Bertz CT molecular complexity index is 617. The molecule has 0 unspecified atom stereocenters. The molecule has 3 nitrogen and oxygen atoms in total. The summed E-state index contributed by atoms with van der Waals surface area (Å²) in [5.74, 6) is -0.289. The van der Waals surface area contributed by atoms with Crippen molar-refractivity contribution in [2.75, 3.05) is 0 Å². The van der Waals surface area contributed by atoms with Crippen molar-refractivity contribution in [1.29, 1.82) is 0 Å². The van der Waals surface area contributed by atoms with Crippen LogP contribution in [0.5, 0.6) is 0 Å². The smallest absolute Gasteiger partial charge is 0.318 e. The molecular weight excluding hydrogens is 238 g/mol. The molecule has 2 aromatic rings. The van der Waals surface area contributed by atoms with Gasteiger partial charge < -0.3 is 4.84 Å². The summed E-state index contributed by atoms with van der Waals surface area (Å²) in [5, 5.41) is 6.22. The number of carbonyl (C=O) groups is 1. The summed E-state index contributed by atoms with van der Waals surface area (Å²) in [6.45, 7) is 3.77. The molecule has 0 radical (unpaired) electrons. The van der Waals surface area contributed by atoms with Crippen LogP contribution >= 0.6 is 0 Å². The van der Waals surface area contributed by atoms with E-state index in [0.717, 1.165) is 17.4 Å². The third-order valence-corrected chi connectivity index (χ3v) is 2.91. The second-order valence-electron chi connectivity index (χ2n) is 4.45. The minimum absolute atomic E-state index is 0.289. The van der Waals surface area contributed by atoms with E-state index >= 15 is 0 Å². The second-order valence-corrected chi connectivity index (χ2v) is 4.45. The third-order valence-electron chi connectivity index (χ3n) is 2.91. The lowest BCUT2D eigenvalue weighted by Gasteiger charge is -2.03. The maximum Gasteiger partial charge on any atom is 0.335 e. The zero-order valence-corrected chi connectivity index (χ0v) is 11.2. The maximum absolute atomic E-state index is 11.3. The van der Waals surface area contributed by atoms with E-state index in [1.165, 1.54) is 5.39 Å². The Morgan fingerprint density at radius 2 is 1.89 bits per heavy atom. The first-order chi connectivity index (χ1) is 9.20. The summed E-state index contributed by atoms with van der Waals surface area (Å²) in [4.78, 5) is 16.1. The Hall–Kier alpha value is -2.16. The topological polar surface area (TPSA) is 38.7 Å². The summed E-state index contributed by atoms with van der Waals surface area (Å²) in [6.07, 6.45) is 1.16. The van der Waals surface area contributed by atoms with Crippen molar-refractivity contribution in [3.05, 3.63) is 48.0 Å². The molecule has 0 aliphatic carbocycles. The van der Waals surface area contributed by atoms with Crippen LogP contribution in [-0.2, 0) is 9.63 Å². The zero-order chi connectivity index (χ0) is 13.7. The lowest BCUT2D eigenvalue weighted by molar-refractivity contribution is -0.143. The van der Waals surface area contributed by atoms with Gasteiger partial charge in [0.2, 0.25) is 0 Å². The summed E-state index contributed by atoms with van der Waals surface area (Å²) >= 11 is 0. The zero-order valence-electron chi connectivity index (χ0n) is 11.2. The minimum Gasteiger partial charge on any atom is -0.318 e. The van der Waals surface area contributed by atoms with E-state index in [1.807, 2.05) is 44.2 Å². The predicted octanol–water partition coefficient (Wildman–Crippen LogP) is 3.91. The number of carbonyl (C=O) groups excluding carboxylic acids is 1. The van der Waals surface area contributed by atoms with Gasteiger partial charge >= 0.3 is 5.97 Å². The van der Waals surface area contributed by atoms with Gasteiger partial charge in [-0.3, -0.25) is 0 Å². The highest BCUT2D eigenvalue weighted by Crippen LogP contribution is 2.16. The van der Waals surface area contributed by atoms with Crippen molar-refractivity contribution in [3.63, 3.8) is 0 Å². The van der Waals surface area contributed by atoms with Crippen molar-refractivity contribution in [3.8, 4) is 0 Å². The normalized spacial score (nSPS) is 11.6. The minimum atomic E-state index is -0.289. The quantitative estimate of drug-likeness (QED) is 0.472. The van der Waals surface area contributed by atoms with Crippen molar-refractivity contribution in [2.24, 2.45) is 5.16 Å². The van der Waals surface area contributed by atoms with Gasteiger partial charge in [0.15, 0.2) is 0 Å². The number of oxime groups is 1. The Labute approximate surface area is 112 Å². The van der Waals surface area contributed by atoms with E-state index in [4.69, 9.17) is 4.84 Å². The van der Waals surface area contributed by atoms with Crippen molar-refractivity contribution < 1.29 is 9.63 Å². The molecule has 0 aliphatic heterocycles. The molecular formula is C16H17NO2. The molecule has 0 spiro atoms. The van der Waals surface area contributed by atoms with Crippen LogP contribution in [0.1, 0.15) is 32.3 Å². The van der Waals surface area contributed by atoms with Crippen LogP contribution in [0, 0.1) is 0 Å². The van der Waals surface area contributed by atoms with E-state index in [-0.39, 0.29) is 5.97 Å². The number of hydrogen-bond donors (Lipinski definition) is 0. The first-order valence-electron chi connectivity index (χ1n) is 6.44. The summed E-state index contributed by atoms with van der Waals surface area (Å²) in [7, 11) is 0. The van der Waals surface area contributed by atoms with Crippen LogP contribution in [0.25, 0.3) is 10.8 Å². The first kappa shape index (κ1) is 13.3. The molecule has 0 aliphatic rings. The van der Waals surface area contributed by atoms with Crippen molar-refractivity contribution >= 4 is 22.5 Å². The fraction of sp³-hybridized carbons (Fsp3) is 0.250. The molecule has 0 fully saturated rings. The monoisotopic (exact) mass is 255 g/mol. The molecule has 3 heteroatoms. The van der Waals surface area contributed by atoms with Gasteiger partial charge in [-0.05, 0) is 35.7 Å². The third kappa shape index (κ3) is 3.41. The molecule has 0 amide bonds. The fourth-order valence-electron chi connectivity index (χ4n) is 1.84. The van der Waals surface area contributed by atoms with Crippen LogP contribution in [0.2, 0.25) is 0 Å². The fourth-order valence-corrected chi connectivity index (χ4v) is 1.84. The first-order valence-corrected chi connectivity index (χ1v) is 6.44. The van der Waals surface area contributed by atoms with E-state index in [2.05, 4.69) is 17.3 Å². The molecule has 0 atom stereocenters. The molecule has 0 saturated carbocycles. The van der Waals surface area contributed by atoms with Gasteiger partial charge in [0.05, 0.1) is 5.71 Å². The number of hydrogen-bond acceptors (Lipinski definition) is 3. The van der Waals surface area contributed by atoms with E-state index in [0.29, 0.717) is 12.1 Å². The Balaban J connectivity index is 2.19. The van der Waals surface area contributed by atoms with E-state index in [9.17, 15) is 4.79 Å². The van der Waals surface area contributed by atoms with Crippen LogP contribution in [-0.4, -0.2) is 11.7 Å². The molecule has 0 N–H and O–H groups in total. The van der Waals surface area contributed by atoms with Crippen molar-refractivity contribution in [2.45, 2.75) is 26.7 Å². The predicted molar refractivity (Wildman–Crippen MR) is 77.2 cm³/mol. The standard InChI is InChI=1S/C16H17NO2/c1-3-6-16(18)19-17-12(2)14-10-9-13-7-4-5-8-15(13)11-14/h4-5,7-11H,3,6H2,1-2H3. The largest absolute Gasteiger partial charge is 0.335 e. The summed E-state index contributed by atoms with van der Waals surface area (Å²) in [5.41, 5.74) is 1.67. The lowest BCUT2D eigenvalue weighted by Crippen LogP contribution is -2.02. The molecule has 98 valence electrons. The lowest BCUT2D eigenvalue weighted by atomic mass is 10.0. The van der Waals surface area contributed by atoms with Gasteiger partial charge in [0, 0.05) is 6.42 Å². The molecule has 2 aromatic carbocycles. The van der Waals surface area contributed by atoms with Crippen LogP contribution in [0.15, 0.2) is 47.6 Å². The molecule has 0 heterocycles. The highest BCUT2D eigenvalue weighted by Gasteiger charge is 2.03. The number of fused-ring (bicyclic) bond motifs is 1. The van der Waals surface area contributed by atoms with Gasteiger partial charge in [-0.1, -0.05) is 48.5 Å². The average molecular weight is 255 g/mol. The summed E-state index contributed by atoms with van der Waals surface area (Å²) in [6, 6.07) is 14.2. The number of nitrogens with zero attached hydrogens (tertiary/aromatic N) is 1. The molecule has 0 aromatic heterocycles. The second kappa shape index (κ2) is 6.14. The van der Waals surface area contributed by atoms with Gasteiger partial charge in [-0.25, -0.2) is 4.79 Å².